The molecule has 0 saturated heterocycles. The first kappa shape index (κ1) is 83.3. The Bertz CT molecular complexity index is 9610. The summed E-state index contributed by atoms with van der Waals surface area (Å²) in [7, 11) is 0. The molecule has 0 aliphatic heterocycles. The second-order valence-electron chi connectivity index (χ2n) is 35.7. The van der Waals surface area contributed by atoms with Gasteiger partial charge in [0.1, 0.15) is 0 Å². The highest BCUT2D eigenvalue weighted by Gasteiger charge is 2.20. The van der Waals surface area contributed by atoms with Gasteiger partial charge in [-0.15, -0.1) is 45.3 Å². The average Bonchev–Trinajstić information content (AvgIpc) is 1.50. The number of hydrogen-bond donors (Lipinski definition) is 4. The van der Waals surface area contributed by atoms with Crippen molar-refractivity contribution in [2.45, 2.75) is 13.8 Å². The number of rotatable bonds is 12. The summed E-state index contributed by atoms with van der Waals surface area (Å²) in [6.07, 6.45) is 0. The van der Waals surface area contributed by atoms with Gasteiger partial charge in [-0.2, -0.15) is 0 Å². The zero-order chi connectivity index (χ0) is 91.7. The molecule has 4 heterocycles. The average molecular weight is 1830 g/mol. The van der Waals surface area contributed by atoms with Crippen molar-refractivity contribution in [1.29, 1.82) is 0 Å². The monoisotopic (exact) mass is 1830 g/mol. The van der Waals surface area contributed by atoms with Gasteiger partial charge in [-0.3, -0.25) is 0 Å². The molecule has 138 heavy (non-hydrogen) atoms. The largest absolute Gasteiger partial charge is 0.355 e. The number of fused-ring (bicyclic) bond motifs is 26. The molecule has 4 N–H and O–H groups in total. The fourth-order valence-electron chi connectivity index (χ4n) is 20.6. The SMILES string of the molecule is Cc1cc(C)cc(-c2ccc(Nc3cccc4c3sc3ccc5ccccc5c34)cc2)c1.c1cc(Nc2ccc3c(c2)sc2ccc4ccccc4c23)cc(-c2cc3ccccc3c3ccccc23)c1.c1ccc(-c2ccc(Nc3cccc4c3sc3ccc5ccccc5c34)cc2)cc1.c1ccc2c(c1)cc(-c1ccc(Nc3cccc4c3sc3ccc5ccccc5c34)cc1)c1ccccc12. The Morgan fingerprint density at radius 1 is 0.152 bits per heavy atom. The molecule has 0 aliphatic rings. The second-order valence-corrected chi connectivity index (χ2v) is 40.0. The van der Waals surface area contributed by atoms with E-state index in [0.717, 1.165) is 45.5 Å². The maximum atomic E-state index is 3.71. The fraction of sp³-hybridized carbons (Fsp3) is 0.0154. The van der Waals surface area contributed by atoms with Crippen LogP contribution in [0.1, 0.15) is 11.1 Å². The molecule has 0 spiro atoms. The van der Waals surface area contributed by atoms with E-state index in [0.29, 0.717) is 0 Å². The highest BCUT2D eigenvalue weighted by atomic mass is 32.1. The zero-order valence-corrected chi connectivity index (χ0v) is 78.9. The lowest BCUT2D eigenvalue weighted by atomic mass is 9.93. The Morgan fingerprint density at radius 3 is 0.899 bits per heavy atom. The van der Waals surface area contributed by atoms with Gasteiger partial charge in [-0.25, -0.2) is 0 Å². The summed E-state index contributed by atoms with van der Waals surface area (Å²) in [5.41, 5.74) is 21.5. The van der Waals surface area contributed by atoms with Crippen molar-refractivity contribution >= 4 is 258 Å². The van der Waals surface area contributed by atoms with Gasteiger partial charge in [-0.1, -0.05) is 369 Å². The zero-order valence-electron chi connectivity index (χ0n) is 75.7. The molecule has 8 heteroatoms. The topological polar surface area (TPSA) is 48.1 Å². The first-order chi connectivity index (χ1) is 68.2. The molecule has 0 fully saturated rings. The van der Waals surface area contributed by atoms with Crippen molar-refractivity contribution in [1.82, 2.24) is 0 Å². The molecular weight excluding hydrogens is 1750 g/mol. The summed E-state index contributed by atoms with van der Waals surface area (Å²) >= 11 is 7.45. The maximum absolute atomic E-state index is 3.71. The summed E-state index contributed by atoms with van der Waals surface area (Å²) in [5, 5.41) is 46.2. The molecule has 0 bridgehead atoms. The van der Waals surface area contributed by atoms with E-state index in [9.17, 15) is 0 Å². The van der Waals surface area contributed by atoms with Crippen LogP contribution >= 0.6 is 45.3 Å². The van der Waals surface area contributed by atoms with Crippen LogP contribution < -0.4 is 21.3 Å². The fourth-order valence-corrected chi connectivity index (χ4v) is 25.3. The van der Waals surface area contributed by atoms with Crippen LogP contribution in [0.25, 0.3) is 211 Å². The smallest absolute Gasteiger partial charge is 0.0590 e. The molecule has 0 atom stereocenters. The molecule has 0 saturated carbocycles. The number of anilines is 8. The third-order valence-corrected chi connectivity index (χ3v) is 31.7. The predicted octanol–water partition coefficient (Wildman–Crippen LogP) is 39.7. The molecule has 24 aromatic carbocycles. The molecule has 4 aromatic heterocycles. The number of nitrogens with one attached hydrogen (secondary N) is 4. The van der Waals surface area contributed by atoms with Crippen LogP contribution in [-0.2, 0) is 0 Å². The van der Waals surface area contributed by atoms with E-state index < -0.39 is 0 Å². The lowest BCUT2D eigenvalue weighted by Gasteiger charge is -2.13. The Morgan fingerprint density at radius 2 is 0.464 bits per heavy atom. The second kappa shape index (κ2) is 35.7. The van der Waals surface area contributed by atoms with Crippen LogP contribution in [0.2, 0.25) is 0 Å². The lowest BCUT2D eigenvalue weighted by Crippen LogP contribution is -1.91. The summed E-state index contributed by atoms with van der Waals surface area (Å²) in [6, 6.07) is 171. The third kappa shape index (κ3) is 15.7. The van der Waals surface area contributed by atoms with Gasteiger partial charge in [0.05, 0.1) is 31.2 Å². The van der Waals surface area contributed by atoms with Crippen LogP contribution in [-0.4, -0.2) is 0 Å². The van der Waals surface area contributed by atoms with E-state index in [1.807, 2.05) is 51.4 Å². The first-order valence-electron chi connectivity index (χ1n) is 46.9. The number of thiophene rings is 4. The van der Waals surface area contributed by atoms with Crippen LogP contribution in [0.15, 0.2) is 473 Å². The van der Waals surface area contributed by atoms with E-state index in [4.69, 9.17) is 0 Å². The first-order valence-corrected chi connectivity index (χ1v) is 50.2. The Hall–Kier alpha value is -16.6. The van der Waals surface area contributed by atoms with E-state index in [1.165, 1.54) is 223 Å². The minimum Gasteiger partial charge on any atom is -0.355 e. The van der Waals surface area contributed by atoms with Crippen LogP contribution in [0.4, 0.5) is 45.5 Å². The van der Waals surface area contributed by atoms with E-state index in [2.05, 4.69) is 502 Å². The van der Waals surface area contributed by atoms with Crippen molar-refractivity contribution in [2.24, 2.45) is 0 Å². The van der Waals surface area contributed by atoms with Gasteiger partial charge in [0, 0.05) is 95.0 Å². The normalized spacial score (nSPS) is 11.6. The van der Waals surface area contributed by atoms with Crippen molar-refractivity contribution in [3.8, 4) is 44.5 Å². The maximum Gasteiger partial charge on any atom is 0.0590 e. The summed E-state index contributed by atoms with van der Waals surface area (Å²) in [4.78, 5) is 0. The van der Waals surface area contributed by atoms with Crippen molar-refractivity contribution in [3.63, 3.8) is 0 Å². The highest BCUT2D eigenvalue weighted by Crippen LogP contribution is 2.49. The number of aryl methyl sites for hydroxylation is 2. The van der Waals surface area contributed by atoms with Gasteiger partial charge in [0.15, 0.2) is 0 Å². The van der Waals surface area contributed by atoms with Crippen molar-refractivity contribution in [2.75, 3.05) is 21.3 Å². The molecular formula is C130H88N4S4. The Balaban J connectivity index is 0.0000000980. The van der Waals surface area contributed by atoms with Crippen LogP contribution in [0.5, 0.6) is 0 Å². The van der Waals surface area contributed by atoms with Gasteiger partial charge in [0.25, 0.3) is 0 Å². The van der Waals surface area contributed by atoms with Crippen LogP contribution in [0.3, 0.4) is 0 Å². The van der Waals surface area contributed by atoms with Gasteiger partial charge < -0.3 is 21.3 Å². The standard InChI is InChI=1S/2C36H23NS.C30H23NS.C28H19NS/c1-4-13-29-23(8-1)16-19-34-36(29)32-18-17-27(22-35(32)38-34)37-26-11-7-10-24(20-26)33-21-25-9-2-3-12-28(25)30-14-5-6-15-31(30)33;1-4-11-28-23(8-1)18-21-34-35(28)31-14-7-15-33(36(31)38-34)37-26-19-16-24(17-20-26)32-22-25-9-2-3-10-27(25)29-12-5-6-13-30(29)32;1-19-16-20(2)18-23(17-19)21-10-13-24(14-11-21)31-27-9-5-8-26-29-25-7-4-3-6-22(25)12-15-28(29)32-30(26)27;1-2-7-19(8-3-1)20-13-16-22(17-14-20)29-25-12-6-11-24-27-23-10-5-4-9-21(23)15-18-26(27)30-28(24)25/h2*1-22,37H;3-18,31H,1-2H3;1-18,29H. The van der Waals surface area contributed by atoms with Gasteiger partial charge in [-0.05, 0) is 260 Å². The predicted molar refractivity (Wildman–Crippen MR) is 607 cm³/mol. The highest BCUT2D eigenvalue weighted by molar-refractivity contribution is 7.28. The van der Waals surface area contributed by atoms with Crippen LogP contribution in [0, 0.1) is 13.8 Å². The molecule has 0 unspecified atom stereocenters. The molecule has 0 aliphatic carbocycles. The summed E-state index contributed by atoms with van der Waals surface area (Å²) in [6.45, 7) is 4.31. The third-order valence-electron chi connectivity index (χ3n) is 27.0. The van der Waals surface area contributed by atoms with E-state index >= 15 is 0 Å². The van der Waals surface area contributed by atoms with Gasteiger partial charge >= 0.3 is 0 Å². The van der Waals surface area contributed by atoms with Gasteiger partial charge in [0.2, 0.25) is 0 Å². The number of hydrogen-bond acceptors (Lipinski definition) is 8. The van der Waals surface area contributed by atoms with E-state index in [1.54, 1.807) is 0 Å². The lowest BCUT2D eigenvalue weighted by molar-refractivity contribution is 1.38. The Labute approximate surface area is 814 Å². The molecule has 652 valence electrons. The molecule has 4 nitrogen and oxygen atoms in total. The molecule has 0 amide bonds. The Kier molecular flexibility index (Phi) is 21.5. The van der Waals surface area contributed by atoms with Crippen molar-refractivity contribution in [3.05, 3.63) is 484 Å². The minimum absolute atomic E-state index is 1.09. The van der Waals surface area contributed by atoms with E-state index in [-0.39, 0.29) is 0 Å². The van der Waals surface area contributed by atoms with Crippen molar-refractivity contribution < 1.29 is 0 Å². The summed E-state index contributed by atoms with van der Waals surface area (Å²) in [5.74, 6) is 0. The molecule has 28 rings (SSSR count). The molecule has 28 aromatic rings. The quantitative estimate of drug-likeness (QED) is 0.0921. The molecule has 0 radical (unpaired) electrons. The summed E-state index contributed by atoms with van der Waals surface area (Å²) < 4.78 is 10.5. The number of benzene rings is 24. The minimum atomic E-state index is 1.09.